The van der Waals surface area contributed by atoms with E-state index in [1.807, 2.05) is 35.4 Å². The minimum Gasteiger partial charge on any atom is -0.368 e. The van der Waals surface area contributed by atoms with Crippen LogP contribution in [0.5, 0.6) is 0 Å². The Labute approximate surface area is 135 Å². The van der Waals surface area contributed by atoms with Gasteiger partial charge >= 0.3 is 0 Å². The summed E-state index contributed by atoms with van der Waals surface area (Å²) in [7, 11) is 0. The van der Waals surface area contributed by atoms with Crippen molar-refractivity contribution in [1.82, 2.24) is 14.7 Å². The molecule has 1 saturated heterocycles. The van der Waals surface area contributed by atoms with Crippen LogP contribution in [-0.4, -0.2) is 46.8 Å². The molecule has 0 saturated carbocycles. The van der Waals surface area contributed by atoms with E-state index in [1.54, 1.807) is 10.9 Å². The Hall–Kier alpha value is -2.01. The van der Waals surface area contributed by atoms with Gasteiger partial charge < -0.3 is 9.80 Å². The number of aryl methyl sites for hydroxylation is 1. The molecule has 116 valence electrons. The first-order valence-electron chi connectivity index (χ1n) is 7.40. The third-order valence-corrected chi connectivity index (χ3v) is 4.24. The Kier molecular flexibility index (Phi) is 4.34. The molecule has 0 radical (unpaired) electrons. The van der Waals surface area contributed by atoms with Crippen molar-refractivity contribution in [2.24, 2.45) is 0 Å². The molecule has 1 aliphatic rings. The number of hydrogen-bond donors (Lipinski definition) is 0. The number of benzene rings is 1. The predicted octanol–water partition coefficient (Wildman–Crippen LogP) is 2.19. The van der Waals surface area contributed by atoms with E-state index in [2.05, 4.69) is 16.9 Å². The Morgan fingerprint density at radius 2 is 2.05 bits per heavy atom. The van der Waals surface area contributed by atoms with Crippen molar-refractivity contribution in [2.75, 3.05) is 31.1 Å². The standard InChI is InChI=1S/C16H19ClN4O/c1-13-3-4-14(17)11-15(13)19-7-9-20(10-8-19)16(22)12-21-6-2-5-18-21/h2-6,11H,7-10,12H2,1H3. The molecule has 3 rings (SSSR count). The number of carbonyl (C=O) groups is 1. The first-order valence-corrected chi connectivity index (χ1v) is 7.77. The summed E-state index contributed by atoms with van der Waals surface area (Å²) in [6.07, 6.45) is 3.50. The van der Waals surface area contributed by atoms with Crippen LogP contribution < -0.4 is 4.90 Å². The number of piperazine rings is 1. The molecular weight excluding hydrogens is 300 g/mol. The molecule has 2 heterocycles. The van der Waals surface area contributed by atoms with Crippen LogP contribution in [0, 0.1) is 6.92 Å². The summed E-state index contributed by atoms with van der Waals surface area (Å²) >= 11 is 6.09. The van der Waals surface area contributed by atoms with Crippen molar-refractivity contribution in [3.8, 4) is 0 Å². The van der Waals surface area contributed by atoms with Gasteiger partial charge in [-0.2, -0.15) is 5.10 Å². The lowest BCUT2D eigenvalue weighted by atomic mass is 10.1. The number of rotatable bonds is 3. The molecule has 0 spiro atoms. The van der Waals surface area contributed by atoms with Crippen molar-refractivity contribution in [1.29, 1.82) is 0 Å². The quantitative estimate of drug-likeness (QED) is 0.871. The van der Waals surface area contributed by atoms with Crippen LogP contribution in [0.1, 0.15) is 5.56 Å². The Bertz CT molecular complexity index is 648. The molecule has 22 heavy (non-hydrogen) atoms. The number of hydrogen-bond acceptors (Lipinski definition) is 3. The van der Waals surface area contributed by atoms with Gasteiger partial charge in [-0.1, -0.05) is 17.7 Å². The van der Waals surface area contributed by atoms with Gasteiger partial charge in [-0.3, -0.25) is 9.48 Å². The SMILES string of the molecule is Cc1ccc(Cl)cc1N1CCN(C(=O)Cn2cccn2)CC1. The number of amides is 1. The van der Waals surface area contributed by atoms with E-state index in [0.29, 0.717) is 6.54 Å². The van der Waals surface area contributed by atoms with Crippen LogP contribution in [0.4, 0.5) is 5.69 Å². The second kappa shape index (κ2) is 6.40. The van der Waals surface area contributed by atoms with E-state index in [0.717, 1.165) is 36.9 Å². The highest BCUT2D eigenvalue weighted by Crippen LogP contribution is 2.25. The van der Waals surface area contributed by atoms with Crippen LogP contribution in [0.3, 0.4) is 0 Å². The zero-order valence-electron chi connectivity index (χ0n) is 12.6. The summed E-state index contributed by atoms with van der Waals surface area (Å²) in [6, 6.07) is 7.77. The third-order valence-electron chi connectivity index (χ3n) is 4.00. The molecule has 0 N–H and O–H groups in total. The van der Waals surface area contributed by atoms with Crippen LogP contribution in [-0.2, 0) is 11.3 Å². The lowest BCUT2D eigenvalue weighted by molar-refractivity contribution is -0.132. The molecule has 1 aromatic carbocycles. The third kappa shape index (κ3) is 3.25. The molecule has 0 unspecified atom stereocenters. The fourth-order valence-electron chi connectivity index (χ4n) is 2.75. The second-order valence-corrected chi connectivity index (χ2v) is 5.94. The minimum absolute atomic E-state index is 0.117. The largest absolute Gasteiger partial charge is 0.368 e. The van der Waals surface area contributed by atoms with Crippen molar-refractivity contribution < 1.29 is 4.79 Å². The highest BCUT2D eigenvalue weighted by Gasteiger charge is 2.22. The molecule has 2 aromatic rings. The Morgan fingerprint density at radius 3 is 2.73 bits per heavy atom. The summed E-state index contributed by atoms with van der Waals surface area (Å²) < 4.78 is 1.66. The van der Waals surface area contributed by atoms with Gasteiger partial charge in [0.1, 0.15) is 6.54 Å². The van der Waals surface area contributed by atoms with Gasteiger partial charge in [0.15, 0.2) is 0 Å². The molecule has 0 bridgehead atoms. The molecule has 0 aliphatic carbocycles. The summed E-state index contributed by atoms with van der Waals surface area (Å²) in [5.41, 5.74) is 2.37. The average molecular weight is 319 g/mol. The lowest BCUT2D eigenvalue weighted by Crippen LogP contribution is -2.49. The molecular formula is C16H19ClN4O. The van der Waals surface area contributed by atoms with E-state index in [9.17, 15) is 4.79 Å². The molecule has 1 fully saturated rings. The lowest BCUT2D eigenvalue weighted by Gasteiger charge is -2.36. The van der Waals surface area contributed by atoms with Crippen molar-refractivity contribution in [3.63, 3.8) is 0 Å². The number of nitrogens with zero attached hydrogens (tertiary/aromatic N) is 4. The Morgan fingerprint density at radius 1 is 1.27 bits per heavy atom. The van der Waals surface area contributed by atoms with E-state index in [-0.39, 0.29) is 5.91 Å². The van der Waals surface area contributed by atoms with Crippen LogP contribution in [0.2, 0.25) is 5.02 Å². The first-order chi connectivity index (χ1) is 10.6. The molecule has 0 atom stereocenters. The molecule has 1 aromatic heterocycles. The van der Waals surface area contributed by atoms with E-state index >= 15 is 0 Å². The van der Waals surface area contributed by atoms with Crippen molar-refractivity contribution >= 4 is 23.2 Å². The van der Waals surface area contributed by atoms with E-state index < -0.39 is 0 Å². The predicted molar refractivity (Wildman–Crippen MR) is 87.2 cm³/mol. The van der Waals surface area contributed by atoms with Crippen molar-refractivity contribution in [2.45, 2.75) is 13.5 Å². The number of halogens is 1. The van der Waals surface area contributed by atoms with Gasteiger partial charge in [0, 0.05) is 49.3 Å². The maximum Gasteiger partial charge on any atom is 0.244 e. The molecule has 5 nitrogen and oxygen atoms in total. The first kappa shape index (κ1) is 14.9. The molecule has 1 aliphatic heterocycles. The molecule has 6 heteroatoms. The highest BCUT2D eigenvalue weighted by molar-refractivity contribution is 6.30. The van der Waals surface area contributed by atoms with Crippen LogP contribution in [0.25, 0.3) is 0 Å². The van der Waals surface area contributed by atoms with Gasteiger partial charge in [-0.05, 0) is 30.7 Å². The monoisotopic (exact) mass is 318 g/mol. The van der Waals surface area contributed by atoms with Gasteiger partial charge in [-0.15, -0.1) is 0 Å². The zero-order valence-corrected chi connectivity index (χ0v) is 13.3. The number of carbonyl (C=O) groups excluding carboxylic acids is 1. The second-order valence-electron chi connectivity index (χ2n) is 5.50. The van der Waals surface area contributed by atoms with Crippen LogP contribution >= 0.6 is 11.6 Å². The van der Waals surface area contributed by atoms with E-state index in [4.69, 9.17) is 11.6 Å². The van der Waals surface area contributed by atoms with E-state index in [1.165, 1.54) is 5.56 Å². The van der Waals surface area contributed by atoms with Gasteiger partial charge in [-0.25, -0.2) is 0 Å². The molecule has 1 amide bonds. The maximum absolute atomic E-state index is 12.3. The van der Waals surface area contributed by atoms with Gasteiger partial charge in [0.25, 0.3) is 0 Å². The number of anilines is 1. The van der Waals surface area contributed by atoms with Crippen molar-refractivity contribution in [3.05, 3.63) is 47.2 Å². The van der Waals surface area contributed by atoms with Gasteiger partial charge in [0.05, 0.1) is 0 Å². The summed E-state index contributed by atoms with van der Waals surface area (Å²) in [4.78, 5) is 16.4. The van der Waals surface area contributed by atoms with Crippen LogP contribution in [0.15, 0.2) is 36.7 Å². The minimum atomic E-state index is 0.117. The fraction of sp³-hybridized carbons (Fsp3) is 0.375. The highest BCUT2D eigenvalue weighted by atomic mass is 35.5. The Balaban J connectivity index is 1.60. The topological polar surface area (TPSA) is 41.4 Å². The normalized spacial score (nSPS) is 15.2. The zero-order chi connectivity index (χ0) is 15.5. The fourth-order valence-corrected chi connectivity index (χ4v) is 2.92. The average Bonchev–Trinajstić information content (AvgIpc) is 3.03. The number of aromatic nitrogens is 2. The maximum atomic E-state index is 12.3. The van der Waals surface area contributed by atoms with Gasteiger partial charge in [0.2, 0.25) is 5.91 Å². The summed E-state index contributed by atoms with van der Waals surface area (Å²) in [5.74, 6) is 0.117. The summed E-state index contributed by atoms with van der Waals surface area (Å²) in [6.45, 7) is 5.50. The summed E-state index contributed by atoms with van der Waals surface area (Å²) in [5, 5.41) is 4.83. The smallest absolute Gasteiger partial charge is 0.244 e.